The number of nitrogens with zero attached hydrogens (tertiary/aromatic N) is 1. The Bertz CT molecular complexity index is 917. The number of benzene rings is 2. The molecule has 0 aliphatic carbocycles. The van der Waals surface area contributed by atoms with Crippen molar-refractivity contribution in [3.8, 4) is 11.5 Å². The third-order valence-electron chi connectivity index (χ3n) is 3.59. The van der Waals surface area contributed by atoms with Crippen LogP contribution < -0.4 is 13.8 Å². The van der Waals surface area contributed by atoms with E-state index in [1.807, 2.05) is 0 Å². The fraction of sp³-hybridized carbons (Fsp3) is 0.176. The van der Waals surface area contributed by atoms with Gasteiger partial charge in [-0.1, -0.05) is 17.7 Å². The van der Waals surface area contributed by atoms with Crippen molar-refractivity contribution in [1.29, 1.82) is 0 Å². The Hall–Kier alpha value is -1.70. The van der Waals surface area contributed by atoms with Gasteiger partial charge in [-0.25, -0.2) is 8.42 Å². The van der Waals surface area contributed by atoms with Crippen molar-refractivity contribution >= 4 is 43.2 Å². The summed E-state index contributed by atoms with van der Waals surface area (Å²) in [5, 5.41) is 0.420. The molecule has 0 aromatic heterocycles. The maximum atomic E-state index is 13.1. The number of hydrogen-bond donors (Lipinski definition) is 0. The molecule has 1 aliphatic heterocycles. The zero-order chi connectivity index (χ0) is 18.0. The van der Waals surface area contributed by atoms with Gasteiger partial charge in [-0.3, -0.25) is 4.31 Å². The van der Waals surface area contributed by atoms with E-state index in [-0.39, 0.29) is 11.4 Å². The first-order chi connectivity index (χ1) is 11.9. The highest BCUT2D eigenvalue weighted by atomic mass is 79.9. The second-order valence-corrected chi connectivity index (χ2v) is 8.35. The summed E-state index contributed by atoms with van der Waals surface area (Å²) in [7, 11) is -3.83. The Kier molecular flexibility index (Phi) is 5.27. The molecule has 0 N–H and O–H groups in total. The molecule has 0 bridgehead atoms. The van der Waals surface area contributed by atoms with Gasteiger partial charge in [-0.15, -0.1) is 6.58 Å². The Morgan fingerprint density at radius 3 is 2.56 bits per heavy atom. The molecule has 8 heteroatoms. The van der Waals surface area contributed by atoms with E-state index >= 15 is 0 Å². The molecule has 0 atom stereocenters. The van der Waals surface area contributed by atoms with Crippen LogP contribution in [0.4, 0.5) is 5.69 Å². The van der Waals surface area contributed by atoms with E-state index in [9.17, 15) is 8.42 Å². The summed E-state index contributed by atoms with van der Waals surface area (Å²) in [5.74, 6) is 0.951. The summed E-state index contributed by atoms with van der Waals surface area (Å²) in [4.78, 5) is 0.109. The first kappa shape index (κ1) is 18.1. The lowest BCUT2D eigenvalue weighted by Gasteiger charge is -2.25. The first-order valence-corrected chi connectivity index (χ1v) is 10.0. The van der Waals surface area contributed by atoms with Gasteiger partial charge in [0.25, 0.3) is 10.0 Å². The highest BCUT2D eigenvalue weighted by Crippen LogP contribution is 2.35. The Labute approximate surface area is 160 Å². The third kappa shape index (κ3) is 3.63. The van der Waals surface area contributed by atoms with Crippen molar-refractivity contribution in [3.63, 3.8) is 0 Å². The number of sulfonamides is 1. The van der Waals surface area contributed by atoms with Crippen LogP contribution in [0.2, 0.25) is 5.02 Å². The Morgan fingerprint density at radius 1 is 1.16 bits per heavy atom. The molecular weight excluding hydrogens is 430 g/mol. The second-order valence-electron chi connectivity index (χ2n) is 5.23. The molecule has 0 saturated carbocycles. The van der Waals surface area contributed by atoms with Crippen molar-refractivity contribution in [2.75, 3.05) is 24.1 Å². The number of ether oxygens (including phenoxy) is 2. The molecule has 1 heterocycles. The van der Waals surface area contributed by atoms with Crippen molar-refractivity contribution in [2.45, 2.75) is 4.90 Å². The molecule has 1 aliphatic rings. The van der Waals surface area contributed by atoms with Crippen LogP contribution in [-0.4, -0.2) is 28.2 Å². The van der Waals surface area contributed by atoms with Gasteiger partial charge in [0, 0.05) is 10.5 Å². The monoisotopic (exact) mass is 443 g/mol. The highest BCUT2D eigenvalue weighted by Gasteiger charge is 2.26. The number of anilines is 1. The van der Waals surface area contributed by atoms with Crippen molar-refractivity contribution in [1.82, 2.24) is 0 Å². The average molecular weight is 445 g/mol. The third-order valence-corrected chi connectivity index (χ3v) is 6.61. The largest absolute Gasteiger partial charge is 0.486 e. The normalized spacial score (nSPS) is 13.4. The summed E-state index contributed by atoms with van der Waals surface area (Å²) in [5.41, 5.74) is 0.447. The molecule has 2 aromatic rings. The molecular formula is C17H15BrClNO4S. The summed E-state index contributed by atoms with van der Waals surface area (Å²) in [6.07, 6.45) is 1.52. The molecule has 25 heavy (non-hydrogen) atoms. The maximum absolute atomic E-state index is 13.1. The van der Waals surface area contributed by atoms with Gasteiger partial charge in [0.2, 0.25) is 0 Å². The summed E-state index contributed by atoms with van der Waals surface area (Å²) >= 11 is 9.42. The minimum absolute atomic E-state index is 0.106. The quantitative estimate of drug-likeness (QED) is 0.647. The van der Waals surface area contributed by atoms with Gasteiger partial charge >= 0.3 is 0 Å². The number of rotatable bonds is 5. The predicted octanol–water partition coefficient (Wildman–Crippen LogP) is 4.26. The van der Waals surface area contributed by atoms with E-state index in [1.54, 1.807) is 24.3 Å². The smallest absolute Gasteiger partial charge is 0.264 e. The van der Waals surface area contributed by atoms with Gasteiger partial charge in [-0.2, -0.15) is 0 Å². The van der Waals surface area contributed by atoms with E-state index in [4.69, 9.17) is 21.1 Å². The molecule has 132 valence electrons. The van der Waals surface area contributed by atoms with Gasteiger partial charge in [0.05, 0.1) is 22.2 Å². The van der Waals surface area contributed by atoms with Crippen LogP contribution in [0.15, 0.2) is 58.4 Å². The number of fused-ring (bicyclic) bond motifs is 1. The summed E-state index contributed by atoms with van der Waals surface area (Å²) < 4.78 is 39.1. The Morgan fingerprint density at radius 2 is 1.88 bits per heavy atom. The Balaban J connectivity index is 2.05. The number of halogens is 2. The first-order valence-electron chi connectivity index (χ1n) is 7.42. The molecule has 0 unspecified atom stereocenters. The van der Waals surface area contributed by atoms with Crippen LogP contribution in [0.1, 0.15) is 0 Å². The van der Waals surface area contributed by atoms with Crippen LogP contribution >= 0.6 is 27.5 Å². The number of hydrogen-bond acceptors (Lipinski definition) is 4. The molecule has 0 spiro atoms. The highest BCUT2D eigenvalue weighted by molar-refractivity contribution is 9.10. The van der Waals surface area contributed by atoms with E-state index in [0.717, 1.165) is 0 Å². The van der Waals surface area contributed by atoms with Gasteiger partial charge in [-0.05, 0) is 46.3 Å². The lowest BCUT2D eigenvalue weighted by Crippen LogP contribution is -2.31. The minimum Gasteiger partial charge on any atom is -0.486 e. The maximum Gasteiger partial charge on any atom is 0.264 e. The van der Waals surface area contributed by atoms with E-state index in [0.29, 0.717) is 39.9 Å². The summed E-state index contributed by atoms with van der Waals surface area (Å²) in [6, 6.07) is 9.54. The van der Waals surface area contributed by atoms with Crippen molar-refractivity contribution < 1.29 is 17.9 Å². The average Bonchev–Trinajstić information content (AvgIpc) is 2.61. The van der Waals surface area contributed by atoms with Crippen molar-refractivity contribution in [3.05, 3.63) is 58.5 Å². The molecule has 0 radical (unpaired) electrons. The van der Waals surface area contributed by atoms with Crippen LogP contribution in [0.5, 0.6) is 11.5 Å². The molecule has 0 amide bonds. The molecule has 0 saturated heterocycles. The van der Waals surface area contributed by atoms with Crippen LogP contribution in [0.3, 0.4) is 0 Å². The molecule has 0 fully saturated rings. The lowest BCUT2D eigenvalue weighted by atomic mass is 10.3. The van der Waals surface area contributed by atoms with Crippen LogP contribution in [0.25, 0.3) is 0 Å². The van der Waals surface area contributed by atoms with Gasteiger partial charge < -0.3 is 9.47 Å². The minimum atomic E-state index is -3.83. The lowest BCUT2D eigenvalue weighted by molar-refractivity contribution is 0.171. The summed E-state index contributed by atoms with van der Waals surface area (Å²) in [6.45, 7) is 4.58. The zero-order valence-corrected chi connectivity index (χ0v) is 16.3. The second kappa shape index (κ2) is 7.27. The topological polar surface area (TPSA) is 55.8 Å². The van der Waals surface area contributed by atoms with Crippen LogP contribution in [-0.2, 0) is 10.0 Å². The SMILES string of the molecule is C=CCN(c1ccc(Br)c(Cl)c1)S(=O)(=O)c1ccc2c(c1)OCCO2. The van der Waals surface area contributed by atoms with Gasteiger partial charge in [0.1, 0.15) is 13.2 Å². The molecule has 5 nitrogen and oxygen atoms in total. The van der Waals surface area contributed by atoms with Gasteiger partial charge in [0.15, 0.2) is 11.5 Å². The van der Waals surface area contributed by atoms with E-state index in [1.165, 1.54) is 22.5 Å². The van der Waals surface area contributed by atoms with E-state index in [2.05, 4.69) is 22.5 Å². The van der Waals surface area contributed by atoms with Crippen LogP contribution in [0, 0.1) is 0 Å². The molecule has 2 aromatic carbocycles. The van der Waals surface area contributed by atoms with Crippen molar-refractivity contribution in [2.24, 2.45) is 0 Å². The molecule has 3 rings (SSSR count). The predicted molar refractivity (Wildman–Crippen MR) is 101 cm³/mol. The fourth-order valence-corrected chi connectivity index (χ4v) is 4.28. The standard InChI is InChI=1S/C17H15BrClNO4S/c1-2-7-20(12-3-5-14(18)15(19)10-12)25(21,22)13-4-6-16-17(11-13)24-9-8-23-16/h2-6,10-11H,1,7-9H2. The van der Waals surface area contributed by atoms with E-state index < -0.39 is 10.0 Å². The zero-order valence-electron chi connectivity index (χ0n) is 13.1. The fourth-order valence-electron chi connectivity index (χ4n) is 2.41.